The van der Waals surface area contributed by atoms with Gasteiger partial charge in [0.15, 0.2) is 5.84 Å². The van der Waals surface area contributed by atoms with E-state index in [9.17, 15) is 0 Å². The monoisotopic (exact) mass is 349 g/mol. The molecule has 0 atom stereocenters. The van der Waals surface area contributed by atoms with Gasteiger partial charge in [-0.3, -0.25) is 0 Å². The predicted molar refractivity (Wildman–Crippen MR) is 87.0 cm³/mol. The molecule has 4 N–H and O–H groups in total. The van der Waals surface area contributed by atoms with E-state index in [0.717, 1.165) is 21.5 Å². The predicted octanol–water partition coefficient (Wildman–Crippen LogP) is 3.16. The third-order valence-corrected chi connectivity index (χ3v) is 3.68. The molecule has 5 nitrogen and oxygen atoms in total. The molecule has 2 aromatic rings. The van der Waals surface area contributed by atoms with E-state index in [1.165, 1.54) is 0 Å². The zero-order valence-corrected chi connectivity index (χ0v) is 13.1. The number of ether oxygens (including phenoxy) is 1. The SMILES string of the molecule is COc1ccc(Br)c(NCc2cccc(C(N)=NO)c2)c1. The fraction of sp³-hybridized carbons (Fsp3) is 0.133. The van der Waals surface area contributed by atoms with Gasteiger partial charge in [-0.1, -0.05) is 23.4 Å². The van der Waals surface area contributed by atoms with Crippen molar-refractivity contribution in [3.63, 3.8) is 0 Å². The molecule has 0 aliphatic rings. The van der Waals surface area contributed by atoms with Crippen LogP contribution in [0.1, 0.15) is 11.1 Å². The standard InChI is InChI=1S/C15H16BrN3O2/c1-21-12-5-6-13(16)14(8-12)18-9-10-3-2-4-11(7-10)15(17)19-20/h2-8,18,20H,9H2,1H3,(H2,17,19). The highest BCUT2D eigenvalue weighted by Gasteiger charge is 2.04. The molecular weight excluding hydrogens is 334 g/mol. The fourth-order valence-electron chi connectivity index (χ4n) is 1.86. The van der Waals surface area contributed by atoms with Crippen LogP contribution in [-0.4, -0.2) is 18.2 Å². The molecular formula is C15H16BrN3O2. The van der Waals surface area contributed by atoms with Crippen molar-refractivity contribution in [2.24, 2.45) is 10.9 Å². The minimum absolute atomic E-state index is 0.0967. The molecule has 0 heterocycles. The van der Waals surface area contributed by atoms with Crippen molar-refractivity contribution in [1.29, 1.82) is 0 Å². The Morgan fingerprint density at radius 2 is 2.14 bits per heavy atom. The number of methoxy groups -OCH3 is 1. The molecule has 0 fully saturated rings. The van der Waals surface area contributed by atoms with Gasteiger partial charge < -0.3 is 21.0 Å². The summed E-state index contributed by atoms with van der Waals surface area (Å²) in [4.78, 5) is 0. The van der Waals surface area contributed by atoms with E-state index < -0.39 is 0 Å². The summed E-state index contributed by atoms with van der Waals surface area (Å²) in [5.41, 5.74) is 8.23. The van der Waals surface area contributed by atoms with E-state index in [2.05, 4.69) is 26.4 Å². The van der Waals surface area contributed by atoms with Crippen molar-refractivity contribution in [3.05, 3.63) is 58.1 Å². The molecule has 0 aliphatic heterocycles. The van der Waals surface area contributed by atoms with Crippen LogP contribution in [0.15, 0.2) is 52.1 Å². The van der Waals surface area contributed by atoms with E-state index in [0.29, 0.717) is 12.1 Å². The molecule has 6 heteroatoms. The first-order chi connectivity index (χ1) is 10.1. The summed E-state index contributed by atoms with van der Waals surface area (Å²) in [7, 11) is 1.63. The van der Waals surface area contributed by atoms with Crippen LogP contribution in [0.3, 0.4) is 0 Å². The maximum Gasteiger partial charge on any atom is 0.170 e. The van der Waals surface area contributed by atoms with Gasteiger partial charge in [0, 0.05) is 22.6 Å². The number of rotatable bonds is 5. The lowest BCUT2D eigenvalue weighted by Gasteiger charge is -2.11. The van der Waals surface area contributed by atoms with Crippen LogP contribution >= 0.6 is 15.9 Å². The molecule has 0 spiro atoms. The molecule has 0 aliphatic carbocycles. The van der Waals surface area contributed by atoms with Crippen LogP contribution in [0.2, 0.25) is 0 Å². The van der Waals surface area contributed by atoms with Gasteiger partial charge in [-0.15, -0.1) is 0 Å². The number of hydrogen-bond acceptors (Lipinski definition) is 4. The Labute approximate surface area is 131 Å². The zero-order valence-electron chi connectivity index (χ0n) is 11.5. The van der Waals surface area contributed by atoms with E-state index in [-0.39, 0.29) is 5.84 Å². The minimum atomic E-state index is 0.0967. The van der Waals surface area contributed by atoms with Crippen LogP contribution in [-0.2, 0) is 6.54 Å². The Hall–Kier alpha value is -2.21. The topological polar surface area (TPSA) is 79.9 Å². The molecule has 0 unspecified atom stereocenters. The first-order valence-electron chi connectivity index (χ1n) is 6.28. The van der Waals surface area contributed by atoms with E-state index >= 15 is 0 Å². The van der Waals surface area contributed by atoms with Crippen LogP contribution in [0, 0.1) is 0 Å². The van der Waals surface area contributed by atoms with Crippen molar-refractivity contribution in [3.8, 4) is 5.75 Å². The number of halogens is 1. The Morgan fingerprint density at radius 1 is 1.33 bits per heavy atom. The van der Waals surface area contributed by atoms with Gasteiger partial charge in [0.1, 0.15) is 5.75 Å². The van der Waals surface area contributed by atoms with Crippen molar-refractivity contribution in [2.75, 3.05) is 12.4 Å². The number of nitrogens with zero attached hydrogens (tertiary/aromatic N) is 1. The summed E-state index contributed by atoms with van der Waals surface area (Å²) >= 11 is 3.49. The molecule has 2 aromatic carbocycles. The lowest BCUT2D eigenvalue weighted by molar-refractivity contribution is 0.318. The second kappa shape index (κ2) is 6.99. The summed E-state index contributed by atoms with van der Waals surface area (Å²) in [6, 6.07) is 13.2. The largest absolute Gasteiger partial charge is 0.497 e. The van der Waals surface area contributed by atoms with Gasteiger partial charge in [0.05, 0.1) is 12.8 Å². The quantitative estimate of drug-likeness (QED) is 0.335. The summed E-state index contributed by atoms with van der Waals surface area (Å²) in [5.74, 6) is 0.880. The number of benzene rings is 2. The van der Waals surface area contributed by atoms with Gasteiger partial charge in [0.2, 0.25) is 0 Å². The highest BCUT2D eigenvalue weighted by atomic mass is 79.9. The van der Waals surface area contributed by atoms with Crippen molar-refractivity contribution in [1.82, 2.24) is 0 Å². The Bertz CT molecular complexity index is 659. The third-order valence-electron chi connectivity index (χ3n) is 2.99. The normalized spacial score (nSPS) is 11.2. The maximum atomic E-state index is 8.71. The molecule has 21 heavy (non-hydrogen) atoms. The summed E-state index contributed by atoms with van der Waals surface area (Å²) in [6.45, 7) is 0.609. The second-order valence-corrected chi connectivity index (χ2v) is 5.24. The Kier molecular flexibility index (Phi) is 5.05. The van der Waals surface area contributed by atoms with E-state index in [1.807, 2.05) is 36.4 Å². The highest BCUT2D eigenvalue weighted by molar-refractivity contribution is 9.10. The molecule has 0 aromatic heterocycles. The van der Waals surface area contributed by atoms with Gasteiger partial charge in [0.25, 0.3) is 0 Å². The average Bonchev–Trinajstić information content (AvgIpc) is 2.53. The molecule has 0 amide bonds. The van der Waals surface area contributed by atoms with Gasteiger partial charge in [-0.05, 0) is 39.7 Å². The molecule has 0 bridgehead atoms. The van der Waals surface area contributed by atoms with E-state index in [1.54, 1.807) is 13.2 Å². The van der Waals surface area contributed by atoms with Gasteiger partial charge >= 0.3 is 0 Å². The molecule has 0 saturated carbocycles. The second-order valence-electron chi connectivity index (χ2n) is 4.38. The zero-order chi connectivity index (χ0) is 15.2. The number of nitrogens with two attached hydrogens (primary N) is 1. The molecule has 0 radical (unpaired) electrons. The van der Waals surface area contributed by atoms with Crippen LogP contribution < -0.4 is 15.8 Å². The van der Waals surface area contributed by atoms with Crippen LogP contribution in [0.4, 0.5) is 5.69 Å². The van der Waals surface area contributed by atoms with Crippen LogP contribution in [0.5, 0.6) is 5.75 Å². The first-order valence-corrected chi connectivity index (χ1v) is 7.07. The highest BCUT2D eigenvalue weighted by Crippen LogP contribution is 2.27. The van der Waals surface area contributed by atoms with Crippen molar-refractivity contribution < 1.29 is 9.94 Å². The summed E-state index contributed by atoms with van der Waals surface area (Å²) < 4.78 is 6.16. The van der Waals surface area contributed by atoms with E-state index in [4.69, 9.17) is 15.7 Å². The number of anilines is 1. The number of nitrogens with one attached hydrogen (secondary N) is 1. The van der Waals surface area contributed by atoms with Gasteiger partial charge in [-0.2, -0.15) is 0 Å². The third kappa shape index (κ3) is 3.88. The maximum absolute atomic E-state index is 8.71. The number of hydrogen-bond donors (Lipinski definition) is 3. The average molecular weight is 350 g/mol. The van der Waals surface area contributed by atoms with Crippen molar-refractivity contribution in [2.45, 2.75) is 6.54 Å². The number of oxime groups is 1. The molecule has 0 saturated heterocycles. The van der Waals surface area contributed by atoms with Gasteiger partial charge in [-0.25, -0.2) is 0 Å². The Morgan fingerprint density at radius 3 is 2.86 bits per heavy atom. The lowest BCUT2D eigenvalue weighted by atomic mass is 10.1. The lowest BCUT2D eigenvalue weighted by Crippen LogP contribution is -2.13. The Balaban J connectivity index is 2.13. The smallest absolute Gasteiger partial charge is 0.170 e. The number of amidine groups is 1. The van der Waals surface area contributed by atoms with Crippen molar-refractivity contribution >= 4 is 27.5 Å². The first kappa shape index (κ1) is 15.2. The molecule has 110 valence electrons. The summed E-state index contributed by atoms with van der Waals surface area (Å²) in [5, 5.41) is 15.0. The fourth-order valence-corrected chi connectivity index (χ4v) is 2.25. The minimum Gasteiger partial charge on any atom is -0.497 e. The summed E-state index contributed by atoms with van der Waals surface area (Å²) in [6.07, 6.45) is 0. The molecule has 2 rings (SSSR count). The van der Waals surface area contributed by atoms with Crippen LogP contribution in [0.25, 0.3) is 0 Å².